The number of benzene rings is 1. The molecule has 5 heteroatoms. The van der Waals surface area contributed by atoms with Crippen LogP contribution in [0.5, 0.6) is 5.75 Å². The Labute approximate surface area is 106 Å². The predicted molar refractivity (Wildman–Crippen MR) is 66.0 cm³/mol. The van der Waals surface area contributed by atoms with E-state index in [2.05, 4.69) is 16.7 Å². The van der Waals surface area contributed by atoms with Gasteiger partial charge < -0.3 is 15.4 Å². The normalized spacial score (nSPS) is 18.2. The van der Waals surface area contributed by atoms with Gasteiger partial charge >= 0.3 is 0 Å². The van der Waals surface area contributed by atoms with Crippen molar-refractivity contribution in [2.75, 3.05) is 13.7 Å². The summed E-state index contributed by atoms with van der Waals surface area (Å²) in [6.07, 6.45) is 0.500. The molecule has 1 saturated heterocycles. The molecule has 1 atom stereocenters. The smallest absolute Gasteiger partial charge is 0.221 e. The number of hydrogen-bond acceptors (Lipinski definition) is 4. The van der Waals surface area contributed by atoms with Crippen molar-refractivity contribution in [2.45, 2.75) is 19.0 Å². The van der Waals surface area contributed by atoms with Crippen molar-refractivity contribution in [3.05, 3.63) is 29.3 Å². The van der Waals surface area contributed by atoms with Gasteiger partial charge in [-0.2, -0.15) is 5.26 Å². The van der Waals surface area contributed by atoms with Gasteiger partial charge in [0.05, 0.1) is 18.7 Å². The highest BCUT2D eigenvalue weighted by atomic mass is 16.5. The van der Waals surface area contributed by atoms with Gasteiger partial charge in [-0.1, -0.05) is 0 Å². The zero-order valence-electron chi connectivity index (χ0n) is 10.2. The molecule has 1 aromatic rings. The molecule has 1 unspecified atom stereocenters. The molecule has 5 nitrogen and oxygen atoms in total. The van der Waals surface area contributed by atoms with E-state index >= 15 is 0 Å². The van der Waals surface area contributed by atoms with E-state index in [4.69, 9.17) is 10.00 Å². The second kappa shape index (κ2) is 5.52. The largest absolute Gasteiger partial charge is 0.496 e. The number of nitrogens with zero attached hydrogens (tertiary/aromatic N) is 1. The second-order valence-electron chi connectivity index (χ2n) is 4.22. The van der Waals surface area contributed by atoms with E-state index < -0.39 is 0 Å². The van der Waals surface area contributed by atoms with Crippen LogP contribution in [-0.2, 0) is 11.3 Å². The lowest BCUT2D eigenvalue weighted by Gasteiger charge is -2.13. The number of nitrogens with one attached hydrogen (secondary N) is 2. The molecule has 1 amide bonds. The molecule has 0 aliphatic carbocycles. The lowest BCUT2D eigenvalue weighted by Crippen LogP contribution is -2.30. The Morgan fingerprint density at radius 2 is 2.44 bits per heavy atom. The molecule has 2 N–H and O–H groups in total. The molecule has 0 saturated carbocycles. The minimum Gasteiger partial charge on any atom is -0.496 e. The summed E-state index contributed by atoms with van der Waals surface area (Å²) in [7, 11) is 1.60. The summed E-state index contributed by atoms with van der Waals surface area (Å²) >= 11 is 0. The number of carbonyl (C=O) groups excluding carboxylic acids is 1. The van der Waals surface area contributed by atoms with Crippen molar-refractivity contribution in [3.8, 4) is 11.8 Å². The van der Waals surface area contributed by atoms with E-state index in [-0.39, 0.29) is 11.9 Å². The Kier molecular flexibility index (Phi) is 3.80. The van der Waals surface area contributed by atoms with E-state index in [1.54, 1.807) is 25.3 Å². The molecular formula is C13H15N3O2. The van der Waals surface area contributed by atoms with E-state index in [1.807, 2.05) is 0 Å². The maximum Gasteiger partial charge on any atom is 0.221 e. The van der Waals surface area contributed by atoms with Crippen LogP contribution >= 0.6 is 0 Å². The number of carbonyl (C=O) groups is 1. The zero-order chi connectivity index (χ0) is 13.0. The third kappa shape index (κ3) is 2.79. The average Bonchev–Trinajstić information content (AvgIpc) is 2.81. The summed E-state index contributed by atoms with van der Waals surface area (Å²) in [6.45, 7) is 1.23. The van der Waals surface area contributed by atoms with Crippen molar-refractivity contribution in [1.29, 1.82) is 5.26 Å². The summed E-state index contributed by atoms with van der Waals surface area (Å²) in [6, 6.07) is 7.56. The summed E-state index contributed by atoms with van der Waals surface area (Å²) < 4.78 is 5.25. The molecule has 94 valence electrons. The summed E-state index contributed by atoms with van der Waals surface area (Å²) in [5.41, 5.74) is 1.53. The van der Waals surface area contributed by atoms with Crippen molar-refractivity contribution in [1.82, 2.24) is 10.6 Å². The van der Waals surface area contributed by atoms with Gasteiger partial charge in [-0.25, -0.2) is 0 Å². The number of rotatable bonds is 4. The highest BCUT2D eigenvalue weighted by molar-refractivity contribution is 5.78. The Morgan fingerprint density at radius 3 is 3.06 bits per heavy atom. The molecule has 1 fully saturated rings. The fourth-order valence-corrected chi connectivity index (χ4v) is 1.99. The van der Waals surface area contributed by atoms with Gasteiger partial charge in [-0.15, -0.1) is 0 Å². The first-order valence-electron chi connectivity index (χ1n) is 5.80. The van der Waals surface area contributed by atoms with Gasteiger partial charge in [0.2, 0.25) is 5.91 Å². The molecule has 1 aliphatic rings. The number of nitriles is 1. The van der Waals surface area contributed by atoms with Gasteiger partial charge in [-0.3, -0.25) is 4.79 Å². The lowest BCUT2D eigenvalue weighted by atomic mass is 10.1. The number of amides is 1. The third-order valence-electron chi connectivity index (χ3n) is 2.97. The molecular weight excluding hydrogens is 230 g/mol. The van der Waals surface area contributed by atoms with Crippen molar-refractivity contribution >= 4 is 5.91 Å². The highest BCUT2D eigenvalue weighted by Crippen LogP contribution is 2.19. The first-order valence-corrected chi connectivity index (χ1v) is 5.80. The van der Waals surface area contributed by atoms with E-state index in [0.29, 0.717) is 25.1 Å². The van der Waals surface area contributed by atoms with Crippen molar-refractivity contribution in [3.63, 3.8) is 0 Å². The lowest BCUT2D eigenvalue weighted by molar-refractivity contribution is -0.119. The molecule has 0 spiro atoms. The Balaban J connectivity index is 2.03. The molecule has 18 heavy (non-hydrogen) atoms. The first-order chi connectivity index (χ1) is 8.72. The van der Waals surface area contributed by atoms with Crippen LogP contribution in [0.3, 0.4) is 0 Å². The maximum atomic E-state index is 11.1. The maximum absolute atomic E-state index is 11.1. The van der Waals surface area contributed by atoms with Crippen LogP contribution < -0.4 is 15.4 Å². The second-order valence-corrected chi connectivity index (χ2v) is 4.22. The molecule has 2 rings (SSSR count). The third-order valence-corrected chi connectivity index (χ3v) is 2.97. The summed E-state index contributed by atoms with van der Waals surface area (Å²) in [4.78, 5) is 11.1. The van der Waals surface area contributed by atoms with E-state index in [0.717, 1.165) is 11.3 Å². The fourth-order valence-electron chi connectivity index (χ4n) is 1.99. The van der Waals surface area contributed by atoms with Crippen LogP contribution in [0.4, 0.5) is 0 Å². The van der Waals surface area contributed by atoms with Crippen LogP contribution in [0.15, 0.2) is 18.2 Å². The Hall–Kier alpha value is -2.06. The molecule has 1 aromatic carbocycles. The highest BCUT2D eigenvalue weighted by Gasteiger charge is 2.20. The average molecular weight is 245 g/mol. The monoisotopic (exact) mass is 245 g/mol. The number of methoxy groups -OCH3 is 1. The standard InChI is InChI=1S/C13H15N3O2/c1-18-12-3-2-9(6-14)4-10(12)7-15-11-5-13(17)16-8-11/h2-4,11,15H,5,7-8H2,1H3,(H,16,17). The van der Waals surface area contributed by atoms with Crippen LogP contribution in [-0.4, -0.2) is 25.6 Å². The van der Waals surface area contributed by atoms with Gasteiger partial charge in [0.15, 0.2) is 0 Å². The Morgan fingerprint density at radius 1 is 1.61 bits per heavy atom. The molecule has 1 heterocycles. The number of hydrogen-bond donors (Lipinski definition) is 2. The van der Waals surface area contributed by atoms with Crippen LogP contribution in [0.2, 0.25) is 0 Å². The minimum atomic E-state index is 0.0743. The zero-order valence-corrected chi connectivity index (χ0v) is 10.2. The van der Waals surface area contributed by atoms with Gasteiger partial charge in [0.25, 0.3) is 0 Å². The van der Waals surface area contributed by atoms with Gasteiger partial charge in [-0.05, 0) is 18.2 Å². The topological polar surface area (TPSA) is 74.2 Å². The molecule has 0 bridgehead atoms. The van der Waals surface area contributed by atoms with Gasteiger partial charge in [0.1, 0.15) is 5.75 Å². The van der Waals surface area contributed by atoms with Crippen LogP contribution in [0.1, 0.15) is 17.5 Å². The van der Waals surface area contributed by atoms with E-state index in [9.17, 15) is 4.79 Å². The molecule has 0 aromatic heterocycles. The minimum absolute atomic E-state index is 0.0743. The first kappa shape index (κ1) is 12.4. The summed E-state index contributed by atoms with van der Waals surface area (Å²) in [5, 5.41) is 14.9. The predicted octanol–water partition coefficient (Wildman–Crippen LogP) is 0.545. The fraction of sp³-hybridized carbons (Fsp3) is 0.385. The molecule has 0 radical (unpaired) electrons. The van der Waals surface area contributed by atoms with Gasteiger partial charge in [0, 0.05) is 31.1 Å². The quantitative estimate of drug-likeness (QED) is 0.812. The summed E-state index contributed by atoms with van der Waals surface area (Å²) in [5.74, 6) is 0.823. The Bertz CT molecular complexity index is 493. The van der Waals surface area contributed by atoms with Crippen molar-refractivity contribution < 1.29 is 9.53 Å². The SMILES string of the molecule is COc1ccc(C#N)cc1CNC1CNC(=O)C1. The van der Waals surface area contributed by atoms with Crippen molar-refractivity contribution in [2.24, 2.45) is 0 Å². The van der Waals surface area contributed by atoms with Crippen LogP contribution in [0, 0.1) is 11.3 Å². The van der Waals surface area contributed by atoms with Crippen LogP contribution in [0.25, 0.3) is 0 Å². The molecule has 1 aliphatic heterocycles. The number of ether oxygens (including phenoxy) is 1. The van der Waals surface area contributed by atoms with E-state index in [1.165, 1.54) is 0 Å².